The number of aliphatic hydroxyl groups excluding tert-OH is 1. The van der Waals surface area contributed by atoms with Crippen molar-refractivity contribution < 1.29 is 17.9 Å². The number of β-amino-alcohol motifs (C(OH)–C–C–N with tert-alkyl or cyclic N) is 1. The van der Waals surface area contributed by atoms with Crippen LogP contribution in [0.4, 0.5) is 4.39 Å². The van der Waals surface area contributed by atoms with E-state index in [1.165, 1.54) is 4.31 Å². The van der Waals surface area contributed by atoms with Crippen molar-refractivity contribution in [1.29, 1.82) is 0 Å². The molecular weight excluding hydrogens is 211 g/mol. The first-order valence-corrected chi connectivity index (χ1v) is 5.91. The van der Waals surface area contributed by atoms with Crippen LogP contribution in [0.2, 0.25) is 0 Å². The molecule has 0 aliphatic carbocycles. The molecule has 1 unspecified atom stereocenters. The summed E-state index contributed by atoms with van der Waals surface area (Å²) in [5.41, 5.74) is 0. The Hall–Kier alpha value is -0.240. The van der Waals surface area contributed by atoms with E-state index in [4.69, 9.17) is 5.11 Å². The monoisotopic (exact) mass is 226 g/mol. The summed E-state index contributed by atoms with van der Waals surface area (Å²) in [6.45, 7) is 1.82. The number of hydrogen-bond donors (Lipinski definition) is 1. The number of nitrogens with zero attached hydrogens (tertiary/aromatic N) is 2. The lowest BCUT2D eigenvalue weighted by Gasteiger charge is -2.18. The number of aliphatic hydroxyl groups is 1. The summed E-state index contributed by atoms with van der Waals surface area (Å²) < 4.78 is 37.6. The van der Waals surface area contributed by atoms with E-state index in [0.29, 0.717) is 19.6 Å². The first-order valence-electron chi connectivity index (χ1n) is 4.51. The summed E-state index contributed by atoms with van der Waals surface area (Å²) in [6, 6.07) is 0. The zero-order chi connectivity index (χ0) is 10.8. The fourth-order valence-corrected chi connectivity index (χ4v) is 3.05. The van der Waals surface area contributed by atoms with Crippen LogP contribution in [0.15, 0.2) is 0 Å². The average Bonchev–Trinajstić information content (AvgIpc) is 2.42. The maximum Gasteiger partial charge on any atom is 0.282 e. The largest absolute Gasteiger partial charge is 0.389 e. The van der Waals surface area contributed by atoms with Gasteiger partial charge in [0, 0.05) is 26.2 Å². The van der Waals surface area contributed by atoms with Crippen molar-refractivity contribution in [2.75, 3.05) is 32.9 Å². The second kappa shape index (κ2) is 4.52. The highest BCUT2D eigenvalue weighted by atomic mass is 32.2. The van der Waals surface area contributed by atoms with E-state index in [2.05, 4.69) is 0 Å². The van der Waals surface area contributed by atoms with Gasteiger partial charge in [0.1, 0.15) is 6.67 Å². The van der Waals surface area contributed by atoms with Crippen molar-refractivity contribution in [3.8, 4) is 0 Å². The molecule has 0 bridgehead atoms. The van der Waals surface area contributed by atoms with Gasteiger partial charge in [-0.05, 0) is 0 Å². The number of hydrogen-bond acceptors (Lipinski definition) is 3. The second-order valence-electron chi connectivity index (χ2n) is 3.17. The zero-order valence-corrected chi connectivity index (χ0v) is 8.87. The fraction of sp³-hybridized carbons (Fsp3) is 1.00. The predicted octanol–water partition coefficient (Wildman–Crippen LogP) is -0.801. The topological polar surface area (TPSA) is 60.9 Å². The van der Waals surface area contributed by atoms with E-state index in [1.54, 1.807) is 6.92 Å². The Morgan fingerprint density at radius 1 is 1.43 bits per heavy atom. The van der Waals surface area contributed by atoms with Gasteiger partial charge in [-0.15, -0.1) is 0 Å². The molecular formula is C7H15FN2O3S. The summed E-state index contributed by atoms with van der Waals surface area (Å²) in [5.74, 6) is 0. The molecule has 1 atom stereocenters. The van der Waals surface area contributed by atoms with Crippen LogP contribution in [0.25, 0.3) is 0 Å². The molecule has 1 N–H and O–H groups in total. The molecule has 0 saturated carbocycles. The molecule has 1 saturated heterocycles. The lowest BCUT2D eigenvalue weighted by atomic mass is 10.4. The Labute approximate surface area is 83.3 Å². The van der Waals surface area contributed by atoms with Crippen LogP contribution in [0.1, 0.15) is 6.92 Å². The molecule has 14 heavy (non-hydrogen) atoms. The third kappa shape index (κ3) is 2.22. The lowest BCUT2D eigenvalue weighted by Crippen LogP contribution is -2.38. The molecule has 1 heterocycles. The van der Waals surface area contributed by atoms with Crippen LogP contribution in [0.5, 0.6) is 0 Å². The van der Waals surface area contributed by atoms with Crippen LogP contribution >= 0.6 is 0 Å². The van der Waals surface area contributed by atoms with E-state index in [1.807, 2.05) is 0 Å². The maximum atomic E-state index is 12.0. The fourth-order valence-electron chi connectivity index (χ4n) is 1.41. The van der Waals surface area contributed by atoms with Crippen molar-refractivity contribution in [2.24, 2.45) is 0 Å². The summed E-state index contributed by atoms with van der Waals surface area (Å²) in [7, 11) is -3.44. The molecule has 84 valence electrons. The van der Waals surface area contributed by atoms with Crippen LogP contribution in [0, 0.1) is 0 Å². The summed E-state index contributed by atoms with van der Waals surface area (Å²) in [6.07, 6.45) is -1.22. The first kappa shape index (κ1) is 11.8. The van der Waals surface area contributed by atoms with Gasteiger partial charge in [0.25, 0.3) is 10.2 Å². The van der Waals surface area contributed by atoms with E-state index < -0.39 is 23.0 Å². The molecule has 0 spiro atoms. The maximum absolute atomic E-state index is 12.0. The molecule has 7 heteroatoms. The Morgan fingerprint density at radius 2 is 2.00 bits per heavy atom. The zero-order valence-electron chi connectivity index (χ0n) is 8.06. The molecule has 1 aliphatic heterocycles. The minimum Gasteiger partial charge on any atom is -0.389 e. The van der Waals surface area contributed by atoms with Crippen molar-refractivity contribution in [3.63, 3.8) is 0 Å². The normalized spacial score (nSPS) is 25.4. The van der Waals surface area contributed by atoms with Crippen molar-refractivity contribution in [3.05, 3.63) is 0 Å². The first-order chi connectivity index (χ1) is 6.52. The Kier molecular flexibility index (Phi) is 3.82. The highest BCUT2D eigenvalue weighted by Crippen LogP contribution is 2.15. The molecule has 1 fully saturated rings. The third-order valence-electron chi connectivity index (χ3n) is 2.20. The minimum absolute atomic E-state index is 0.157. The Bertz CT molecular complexity index is 283. The van der Waals surface area contributed by atoms with Gasteiger partial charge in [0.15, 0.2) is 0 Å². The van der Waals surface area contributed by atoms with Gasteiger partial charge in [-0.1, -0.05) is 6.92 Å². The summed E-state index contributed by atoms with van der Waals surface area (Å²) >= 11 is 0. The van der Waals surface area contributed by atoms with E-state index in [9.17, 15) is 12.8 Å². The van der Waals surface area contributed by atoms with Gasteiger partial charge in [-0.3, -0.25) is 0 Å². The van der Waals surface area contributed by atoms with Gasteiger partial charge in [-0.2, -0.15) is 17.0 Å². The number of alkyl halides is 1. The third-order valence-corrected chi connectivity index (χ3v) is 4.27. The SMILES string of the molecule is CCN1CCN(CC(O)CF)S1(=O)=O. The molecule has 0 aromatic carbocycles. The second-order valence-corrected chi connectivity index (χ2v) is 5.09. The molecule has 0 aromatic heterocycles. The molecule has 1 rings (SSSR count). The van der Waals surface area contributed by atoms with Crippen LogP contribution in [-0.4, -0.2) is 61.1 Å². The minimum atomic E-state index is -3.44. The molecule has 1 aliphatic rings. The van der Waals surface area contributed by atoms with Gasteiger partial charge in [-0.25, -0.2) is 4.39 Å². The average molecular weight is 226 g/mol. The quantitative estimate of drug-likeness (QED) is 0.682. The number of likely N-dealkylation sites (N-methyl/N-ethyl adjacent to an activating group) is 1. The summed E-state index contributed by atoms with van der Waals surface area (Å²) in [4.78, 5) is 0. The van der Waals surface area contributed by atoms with Gasteiger partial charge < -0.3 is 5.11 Å². The van der Waals surface area contributed by atoms with E-state index >= 15 is 0 Å². The molecule has 0 amide bonds. The van der Waals surface area contributed by atoms with Crippen LogP contribution in [-0.2, 0) is 10.2 Å². The number of halogens is 1. The van der Waals surface area contributed by atoms with Gasteiger partial charge >= 0.3 is 0 Å². The van der Waals surface area contributed by atoms with Crippen molar-refractivity contribution >= 4 is 10.2 Å². The highest BCUT2D eigenvalue weighted by Gasteiger charge is 2.36. The predicted molar refractivity (Wildman–Crippen MR) is 49.7 cm³/mol. The number of rotatable bonds is 4. The molecule has 5 nitrogen and oxygen atoms in total. The van der Waals surface area contributed by atoms with Crippen molar-refractivity contribution in [2.45, 2.75) is 13.0 Å². The van der Waals surface area contributed by atoms with E-state index in [0.717, 1.165) is 4.31 Å². The highest BCUT2D eigenvalue weighted by molar-refractivity contribution is 7.87. The Morgan fingerprint density at radius 3 is 2.43 bits per heavy atom. The molecule has 0 radical (unpaired) electrons. The smallest absolute Gasteiger partial charge is 0.282 e. The summed E-state index contributed by atoms with van der Waals surface area (Å²) in [5, 5.41) is 9.01. The van der Waals surface area contributed by atoms with Crippen LogP contribution < -0.4 is 0 Å². The van der Waals surface area contributed by atoms with E-state index in [-0.39, 0.29) is 6.54 Å². The van der Waals surface area contributed by atoms with Crippen LogP contribution in [0.3, 0.4) is 0 Å². The molecule has 0 aromatic rings. The van der Waals surface area contributed by atoms with Gasteiger partial charge in [0.05, 0.1) is 6.10 Å². The van der Waals surface area contributed by atoms with Gasteiger partial charge in [0.2, 0.25) is 0 Å². The lowest BCUT2D eigenvalue weighted by molar-refractivity contribution is 0.119. The Balaban J connectivity index is 2.65. The standard InChI is InChI=1S/C7H15FN2O3S/c1-2-9-3-4-10(14(9,12)13)6-7(11)5-8/h7,11H,2-6H2,1H3. The van der Waals surface area contributed by atoms with Crippen molar-refractivity contribution in [1.82, 2.24) is 8.61 Å².